The van der Waals surface area contributed by atoms with E-state index in [0.29, 0.717) is 24.5 Å². The molecule has 1 fully saturated rings. The predicted molar refractivity (Wildman–Crippen MR) is 161 cm³/mol. The number of aromatic nitrogens is 2. The van der Waals surface area contributed by atoms with E-state index in [9.17, 15) is 9.59 Å². The number of likely N-dealkylation sites (tertiary alicyclic amines) is 1. The number of esters is 1. The summed E-state index contributed by atoms with van der Waals surface area (Å²) in [5.41, 5.74) is 4.13. The fourth-order valence-corrected chi connectivity index (χ4v) is 6.26. The minimum atomic E-state index is -0.577. The van der Waals surface area contributed by atoms with Crippen molar-refractivity contribution in [3.63, 3.8) is 0 Å². The van der Waals surface area contributed by atoms with E-state index >= 15 is 0 Å². The van der Waals surface area contributed by atoms with Crippen molar-refractivity contribution in [2.45, 2.75) is 71.1 Å². The topological polar surface area (TPSA) is 82.9 Å². The highest BCUT2D eigenvalue weighted by molar-refractivity contribution is 14.1. The average Bonchev–Trinajstić information content (AvgIpc) is 3.48. The molecule has 40 heavy (non-hydrogen) atoms. The summed E-state index contributed by atoms with van der Waals surface area (Å²) in [7, 11) is 0. The number of carbonyl (C=O) groups is 2. The maximum absolute atomic E-state index is 13.1. The van der Waals surface area contributed by atoms with Gasteiger partial charge in [0.05, 0.1) is 16.2 Å². The van der Waals surface area contributed by atoms with E-state index in [-0.39, 0.29) is 24.8 Å². The summed E-state index contributed by atoms with van der Waals surface area (Å²) in [6.07, 6.45) is 3.17. The van der Waals surface area contributed by atoms with Crippen LogP contribution in [0.1, 0.15) is 68.2 Å². The van der Waals surface area contributed by atoms with Crippen LogP contribution in [0.3, 0.4) is 0 Å². The molecule has 0 unspecified atom stereocenters. The minimum absolute atomic E-state index is 0.122. The number of halogens is 1. The smallest absolute Gasteiger partial charge is 0.410 e. The van der Waals surface area contributed by atoms with E-state index in [2.05, 4.69) is 46.9 Å². The van der Waals surface area contributed by atoms with Crippen molar-refractivity contribution < 1.29 is 23.8 Å². The van der Waals surface area contributed by atoms with Gasteiger partial charge in [-0.05, 0) is 98.5 Å². The molecule has 3 aromatic rings. The molecule has 0 spiro atoms. The third kappa shape index (κ3) is 6.29. The first-order chi connectivity index (χ1) is 19.1. The molecule has 212 valence electrons. The summed E-state index contributed by atoms with van der Waals surface area (Å²) in [5.74, 6) is 0.391. The molecule has 1 aromatic heterocycles. The van der Waals surface area contributed by atoms with Crippen LogP contribution in [0, 0.1) is 3.57 Å². The molecule has 2 aromatic carbocycles. The summed E-state index contributed by atoms with van der Waals surface area (Å²) in [4.78, 5) is 27.6. The zero-order valence-corrected chi connectivity index (χ0v) is 25.6. The Morgan fingerprint density at radius 2 is 1.73 bits per heavy atom. The van der Waals surface area contributed by atoms with Gasteiger partial charge in [0.25, 0.3) is 0 Å². The van der Waals surface area contributed by atoms with Gasteiger partial charge in [-0.1, -0.05) is 24.3 Å². The lowest BCUT2D eigenvalue weighted by molar-refractivity contribution is 0.0165. The van der Waals surface area contributed by atoms with Gasteiger partial charge in [0.2, 0.25) is 0 Å². The highest BCUT2D eigenvalue weighted by atomic mass is 127. The molecule has 8 nitrogen and oxygen atoms in total. The van der Waals surface area contributed by atoms with Crippen molar-refractivity contribution in [3.8, 4) is 17.0 Å². The number of hydrogen-bond acceptors (Lipinski definition) is 6. The second kappa shape index (κ2) is 11.8. The first kappa shape index (κ1) is 28.4. The monoisotopic (exact) mass is 657 g/mol. The number of ether oxygens (including phenoxy) is 3. The van der Waals surface area contributed by atoms with Gasteiger partial charge in [-0.25, -0.2) is 9.59 Å². The van der Waals surface area contributed by atoms with Gasteiger partial charge < -0.3 is 19.1 Å². The number of fused-ring (bicyclic) bond motifs is 1. The van der Waals surface area contributed by atoms with Crippen LogP contribution in [0.4, 0.5) is 4.79 Å². The molecular formula is C31H36IN3O5. The number of nitrogens with zero attached hydrogens (tertiary/aromatic N) is 3. The van der Waals surface area contributed by atoms with Crippen molar-refractivity contribution in [1.82, 2.24) is 14.7 Å². The van der Waals surface area contributed by atoms with Gasteiger partial charge in [-0.15, -0.1) is 0 Å². The molecule has 1 aliphatic carbocycles. The van der Waals surface area contributed by atoms with Crippen LogP contribution in [-0.4, -0.2) is 58.1 Å². The molecule has 1 aliphatic heterocycles. The molecule has 0 saturated carbocycles. The van der Waals surface area contributed by atoms with Crippen molar-refractivity contribution in [3.05, 3.63) is 68.9 Å². The summed E-state index contributed by atoms with van der Waals surface area (Å²) in [5, 5.41) is 4.92. The Balaban J connectivity index is 1.37. The van der Waals surface area contributed by atoms with E-state index in [1.165, 1.54) is 11.1 Å². The van der Waals surface area contributed by atoms with Gasteiger partial charge in [-0.2, -0.15) is 5.10 Å². The Morgan fingerprint density at radius 3 is 2.35 bits per heavy atom. The molecule has 2 aliphatic rings. The average molecular weight is 658 g/mol. The first-order valence-electron chi connectivity index (χ1n) is 13.9. The lowest BCUT2D eigenvalue weighted by Crippen LogP contribution is -2.44. The fourth-order valence-electron chi connectivity index (χ4n) is 5.38. The quantitative estimate of drug-likeness (QED) is 0.224. The van der Waals surface area contributed by atoms with E-state index in [0.717, 1.165) is 40.6 Å². The first-order valence-corrected chi connectivity index (χ1v) is 15.0. The number of rotatable bonds is 6. The van der Waals surface area contributed by atoms with E-state index < -0.39 is 11.6 Å². The largest absolute Gasteiger partial charge is 0.490 e. The summed E-state index contributed by atoms with van der Waals surface area (Å²) in [6.45, 7) is 8.65. The molecule has 0 N–H and O–H groups in total. The molecule has 0 radical (unpaired) electrons. The molecule has 5 rings (SSSR count). The normalized spacial score (nSPS) is 17.4. The highest BCUT2D eigenvalue weighted by Gasteiger charge is 2.33. The molecule has 9 heteroatoms. The summed E-state index contributed by atoms with van der Waals surface area (Å²) < 4.78 is 19.8. The van der Waals surface area contributed by atoms with Crippen LogP contribution >= 0.6 is 22.6 Å². The molecule has 1 saturated heterocycles. The van der Waals surface area contributed by atoms with Crippen LogP contribution in [0.5, 0.6) is 5.75 Å². The molecule has 2 heterocycles. The molecule has 1 atom stereocenters. The Kier molecular flexibility index (Phi) is 8.39. The lowest BCUT2D eigenvalue weighted by atomic mass is 10.1. The van der Waals surface area contributed by atoms with Gasteiger partial charge in [-0.3, -0.25) is 4.68 Å². The number of amides is 1. The summed E-state index contributed by atoms with van der Waals surface area (Å²) in [6, 6.07) is 16.2. The van der Waals surface area contributed by atoms with Crippen LogP contribution in [0.25, 0.3) is 11.3 Å². The second-order valence-corrected chi connectivity index (χ2v) is 12.4. The molecular weight excluding hydrogens is 621 g/mol. The third-order valence-electron chi connectivity index (χ3n) is 7.16. The van der Waals surface area contributed by atoms with E-state index in [1.807, 2.05) is 45.0 Å². The molecule has 1 amide bonds. The number of piperidine rings is 1. The Morgan fingerprint density at radius 1 is 1.05 bits per heavy atom. The Hall–Kier alpha value is -3.08. The van der Waals surface area contributed by atoms with Crippen LogP contribution in [0.15, 0.2) is 48.5 Å². The standard InChI is InChI=1S/C31H36IN3O5/c1-5-38-29(36)28-26(32)27(33-35(28)23-11-8-16-34(19-23)30(37)40-31(2,3)4)20-12-14-24(15-13-20)39-25-17-21-9-6-7-10-22(21)18-25/h6-7,9-10,12-15,23,25H,5,8,11,16-19H2,1-4H3/t23-/m1/s1. The predicted octanol–water partition coefficient (Wildman–Crippen LogP) is 6.45. The Labute approximate surface area is 249 Å². The Bertz CT molecular complexity index is 1350. The van der Waals surface area contributed by atoms with Crippen LogP contribution < -0.4 is 4.74 Å². The van der Waals surface area contributed by atoms with Crippen molar-refractivity contribution >= 4 is 34.7 Å². The van der Waals surface area contributed by atoms with E-state index in [1.54, 1.807) is 16.5 Å². The maximum Gasteiger partial charge on any atom is 0.410 e. The number of carbonyl (C=O) groups excluding carboxylic acids is 2. The second-order valence-electron chi connectivity index (χ2n) is 11.3. The van der Waals surface area contributed by atoms with Crippen LogP contribution in [0.2, 0.25) is 0 Å². The SMILES string of the molecule is CCOC(=O)c1c(I)c(-c2ccc(OC3Cc4ccccc4C3)cc2)nn1[C@@H]1CCCN(C(=O)OC(C)(C)C)C1. The number of hydrogen-bond donors (Lipinski definition) is 0. The van der Waals surface area contributed by atoms with E-state index in [4.69, 9.17) is 19.3 Å². The number of benzene rings is 2. The van der Waals surface area contributed by atoms with Gasteiger partial charge in [0.15, 0.2) is 5.69 Å². The zero-order valence-electron chi connectivity index (χ0n) is 23.5. The summed E-state index contributed by atoms with van der Waals surface area (Å²) >= 11 is 2.18. The maximum atomic E-state index is 13.1. The highest BCUT2D eigenvalue weighted by Crippen LogP contribution is 2.34. The molecule has 0 bridgehead atoms. The van der Waals surface area contributed by atoms with Gasteiger partial charge >= 0.3 is 12.1 Å². The van der Waals surface area contributed by atoms with Crippen molar-refractivity contribution in [2.75, 3.05) is 19.7 Å². The third-order valence-corrected chi connectivity index (χ3v) is 8.18. The van der Waals surface area contributed by atoms with Crippen molar-refractivity contribution in [1.29, 1.82) is 0 Å². The fraction of sp³-hybridized carbons (Fsp3) is 0.452. The van der Waals surface area contributed by atoms with Crippen LogP contribution in [-0.2, 0) is 22.3 Å². The minimum Gasteiger partial charge on any atom is -0.490 e. The van der Waals surface area contributed by atoms with Crippen molar-refractivity contribution in [2.24, 2.45) is 0 Å². The van der Waals surface area contributed by atoms with Gasteiger partial charge in [0, 0.05) is 31.5 Å². The lowest BCUT2D eigenvalue weighted by Gasteiger charge is -2.34. The van der Waals surface area contributed by atoms with Gasteiger partial charge in [0.1, 0.15) is 23.1 Å². The zero-order chi connectivity index (χ0) is 28.4.